The zero-order valence-electron chi connectivity index (χ0n) is 11.6. The lowest BCUT2D eigenvalue weighted by atomic mass is 9.74. The second-order valence-electron chi connectivity index (χ2n) is 5.71. The minimum Gasteiger partial charge on any atom is -0.396 e. The number of rotatable bonds is 5. The SMILES string of the molecule is O=C(NCC1(CO)CCCCC1)C(Cl)c1ccccc1. The largest absolute Gasteiger partial charge is 0.396 e. The van der Waals surface area contributed by atoms with Crippen molar-refractivity contribution in [2.24, 2.45) is 5.41 Å². The van der Waals surface area contributed by atoms with E-state index in [-0.39, 0.29) is 17.9 Å². The van der Waals surface area contributed by atoms with Crippen LogP contribution in [0.2, 0.25) is 0 Å². The summed E-state index contributed by atoms with van der Waals surface area (Å²) in [5.41, 5.74) is 0.648. The molecule has 3 nitrogen and oxygen atoms in total. The summed E-state index contributed by atoms with van der Waals surface area (Å²) in [7, 11) is 0. The zero-order valence-corrected chi connectivity index (χ0v) is 12.4. The fourth-order valence-electron chi connectivity index (χ4n) is 2.83. The quantitative estimate of drug-likeness (QED) is 0.820. The van der Waals surface area contributed by atoms with Crippen molar-refractivity contribution in [1.82, 2.24) is 5.32 Å². The third-order valence-electron chi connectivity index (χ3n) is 4.21. The molecule has 1 aliphatic carbocycles. The maximum Gasteiger partial charge on any atom is 0.242 e. The molecule has 1 saturated carbocycles. The van der Waals surface area contributed by atoms with Gasteiger partial charge >= 0.3 is 0 Å². The summed E-state index contributed by atoms with van der Waals surface area (Å²) < 4.78 is 0. The van der Waals surface area contributed by atoms with E-state index in [1.807, 2.05) is 30.3 Å². The van der Waals surface area contributed by atoms with Crippen LogP contribution in [0, 0.1) is 5.41 Å². The maximum absolute atomic E-state index is 12.1. The van der Waals surface area contributed by atoms with Crippen LogP contribution in [0.15, 0.2) is 30.3 Å². The first-order valence-electron chi connectivity index (χ1n) is 7.24. The van der Waals surface area contributed by atoms with E-state index in [2.05, 4.69) is 5.32 Å². The lowest BCUT2D eigenvalue weighted by Gasteiger charge is -2.35. The number of amides is 1. The molecule has 4 heteroatoms. The molecule has 0 spiro atoms. The third kappa shape index (κ3) is 3.74. The summed E-state index contributed by atoms with van der Waals surface area (Å²) in [6.07, 6.45) is 5.42. The number of carbonyl (C=O) groups excluding carboxylic acids is 1. The van der Waals surface area contributed by atoms with Crippen molar-refractivity contribution in [2.45, 2.75) is 37.5 Å². The molecule has 1 fully saturated rings. The van der Waals surface area contributed by atoms with Crippen molar-refractivity contribution in [3.63, 3.8) is 0 Å². The average Bonchev–Trinajstić information content (AvgIpc) is 2.53. The third-order valence-corrected chi connectivity index (χ3v) is 4.66. The predicted octanol–water partition coefficient (Wildman–Crippen LogP) is 3.03. The summed E-state index contributed by atoms with van der Waals surface area (Å²) in [5, 5.41) is 11.9. The smallest absolute Gasteiger partial charge is 0.242 e. The van der Waals surface area contributed by atoms with Gasteiger partial charge < -0.3 is 10.4 Å². The van der Waals surface area contributed by atoms with Gasteiger partial charge in [0.2, 0.25) is 5.91 Å². The van der Waals surface area contributed by atoms with Crippen molar-refractivity contribution in [3.8, 4) is 0 Å². The molecule has 0 aromatic heterocycles. The molecule has 2 N–H and O–H groups in total. The maximum atomic E-state index is 12.1. The van der Waals surface area contributed by atoms with Crippen LogP contribution in [-0.2, 0) is 4.79 Å². The Labute approximate surface area is 125 Å². The summed E-state index contributed by atoms with van der Waals surface area (Å²) in [4.78, 5) is 12.1. The lowest BCUT2D eigenvalue weighted by molar-refractivity contribution is -0.121. The van der Waals surface area contributed by atoms with Gasteiger partial charge in [0, 0.05) is 12.0 Å². The van der Waals surface area contributed by atoms with Crippen molar-refractivity contribution in [3.05, 3.63) is 35.9 Å². The van der Waals surface area contributed by atoms with E-state index in [9.17, 15) is 9.90 Å². The van der Waals surface area contributed by atoms with Crippen LogP contribution in [0.25, 0.3) is 0 Å². The van der Waals surface area contributed by atoms with Crippen molar-refractivity contribution in [2.75, 3.05) is 13.2 Å². The molecular weight excluding hydrogens is 274 g/mol. The van der Waals surface area contributed by atoms with E-state index in [1.165, 1.54) is 6.42 Å². The van der Waals surface area contributed by atoms with Crippen LogP contribution in [0.5, 0.6) is 0 Å². The van der Waals surface area contributed by atoms with Crippen LogP contribution in [0.1, 0.15) is 43.0 Å². The number of hydrogen-bond donors (Lipinski definition) is 2. The van der Waals surface area contributed by atoms with Crippen molar-refractivity contribution in [1.29, 1.82) is 0 Å². The van der Waals surface area contributed by atoms with Crippen LogP contribution >= 0.6 is 11.6 Å². The van der Waals surface area contributed by atoms with Gasteiger partial charge in [-0.2, -0.15) is 0 Å². The molecule has 1 amide bonds. The summed E-state index contributed by atoms with van der Waals surface area (Å²) in [5.74, 6) is -0.184. The van der Waals surface area contributed by atoms with E-state index in [1.54, 1.807) is 0 Å². The number of carbonyl (C=O) groups is 1. The first-order valence-corrected chi connectivity index (χ1v) is 7.68. The number of aliphatic hydroxyl groups excluding tert-OH is 1. The highest BCUT2D eigenvalue weighted by Gasteiger charge is 2.32. The molecule has 1 aromatic carbocycles. The summed E-state index contributed by atoms with van der Waals surface area (Å²) >= 11 is 6.19. The highest BCUT2D eigenvalue weighted by Crippen LogP contribution is 2.35. The highest BCUT2D eigenvalue weighted by molar-refractivity contribution is 6.30. The number of aliphatic hydroxyl groups is 1. The molecule has 1 aromatic rings. The molecule has 20 heavy (non-hydrogen) atoms. The lowest BCUT2D eigenvalue weighted by Crippen LogP contribution is -2.42. The minimum atomic E-state index is -0.671. The average molecular weight is 296 g/mol. The van der Waals surface area contributed by atoms with Crippen molar-refractivity contribution < 1.29 is 9.90 Å². The Bertz CT molecular complexity index is 429. The van der Waals surface area contributed by atoms with Gasteiger partial charge in [-0.1, -0.05) is 49.6 Å². The van der Waals surface area contributed by atoms with E-state index >= 15 is 0 Å². The molecule has 1 aliphatic rings. The van der Waals surface area contributed by atoms with E-state index in [0.29, 0.717) is 6.54 Å². The van der Waals surface area contributed by atoms with Gasteiger partial charge in [0.1, 0.15) is 5.38 Å². The highest BCUT2D eigenvalue weighted by atomic mass is 35.5. The second-order valence-corrected chi connectivity index (χ2v) is 6.15. The molecular formula is C16H22ClNO2. The predicted molar refractivity (Wildman–Crippen MR) is 80.6 cm³/mol. The van der Waals surface area contributed by atoms with E-state index in [4.69, 9.17) is 11.6 Å². The van der Waals surface area contributed by atoms with E-state index in [0.717, 1.165) is 31.2 Å². The van der Waals surface area contributed by atoms with Gasteiger partial charge in [0.05, 0.1) is 6.61 Å². The number of benzene rings is 1. The Morgan fingerprint density at radius 2 is 1.90 bits per heavy atom. The number of nitrogens with one attached hydrogen (secondary N) is 1. The Hall–Kier alpha value is -1.06. The van der Waals surface area contributed by atoms with Crippen LogP contribution in [0.4, 0.5) is 0 Å². The molecule has 0 saturated heterocycles. The minimum absolute atomic E-state index is 0.131. The van der Waals surface area contributed by atoms with Gasteiger partial charge in [0.15, 0.2) is 0 Å². The fourth-order valence-corrected chi connectivity index (χ4v) is 3.05. The Balaban J connectivity index is 1.91. The Morgan fingerprint density at radius 3 is 2.50 bits per heavy atom. The second kappa shape index (κ2) is 7.09. The van der Waals surface area contributed by atoms with Crippen LogP contribution in [-0.4, -0.2) is 24.2 Å². The molecule has 110 valence electrons. The molecule has 0 heterocycles. The fraction of sp³-hybridized carbons (Fsp3) is 0.562. The van der Waals surface area contributed by atoms with Crippen LogP contribution in [0.3, 0.4) is 0 Å². The van der Waals surface area contributed by atoms with Gasteiger partial charge in [-0.3, -0.25) is 4.79 Å². The molecule has 1 atom stereocenters. The Kier molecular flexibility index (Phi) is 5.44. The van der Waals surface area contributed by atoms with Crippen molar-refractivity contribution >= 4 is 17.5 Å². The normalized spacial score (nSPS) is 19.3. The summed E-state index contributed by atoms with van der Waals surface area (Å²) in [6.45, 7) is 0.643. The first kappa shape index (κ1) is 15.3. The van der Waals surface area contributed by atoms with E-state index < -0.39 is 5.38 Å². The standard InChI is InChI=1S/C16H22ClNO2/c17-14(13-7-3-1-4-8-13)15(20)18-11-16(12-19)9-5-2-6-10-16/h1,3-4,7-8,14,19H,2,5-6,9-12H2,(H,18,20). The zero-order chi connectivity index (χ0) is 14.4. The number of halogens is 1. The van der Waals surface area contributed by atoms with Gasteiger partial charge in [-0.15, -0.1) is 11.6 Å². The van der Waals surface area contributed by atoms with Gasteiger partial charge in [-0.05, 0) is 18.4 Å². The van der Waals surface area contributed by atoms with Gasteiger partial charge in [-0.25, -0.2) is 0 Å². The Morgan fingerprint density at radius 1 is 1.25 bits per heavy atom. The molecule has 0 radical (unpaired) electrons. The monoisotopic (exact) mass is 295 g/mol. The molecule has 0 aliphatic heterocycles. The molecule has 2 rings (SSSR count). The summed E-state index contributed by atoms with van der Waals surface area (Å²) in [6, 6.07) is 9.33. The molecule has 1 unspecified atom stereocenters. The molecule has 0 bridgehead atoms. The topological polar surface area (TPSA) is 49.3 Å². The number of alkyl halides is 1. The first-order chi connectivity index (χ1) is 9.67. The number of hydrogen-bond acceptors (Lipinski definition) is 2. The van der Waals surface area contributed by atoms with Crippen LogP contribution < -0.4 is 5.32 Å². The van der Waals surface area contributed by atoms with Gasteiger partial charge in [0.25, 0.3) is 0 Å².